The first-order valence-corrected chi connectivity index (χ1v) is 14.7. The maximum absolute atomic E-state index is 15.4. The second-order valence-corrected chi connectivity index (χ2v) is 11.5. The van der Waals surface area contributed by atoms with Gasteiger partial charge in [-0.2, -0.15) is 0 Å². The van der Waals surface area contributed by atoms with Gasteiger partial charge in [-0.15, -0.1) is 4.89 Å². The summed E-state index contributed by atoms with van der Waals surface area (Å²) in [6.45, 7) is 3.05. The van der Waals surface area contributed by atoms with Crippen molar-refractivity contribution in [2.75, 3.05) is 10.5 Å². The number of anilines is 1. The minimum Gasteiger partial charge on any atom is -0.301 e. The Morgan fingerprint density at radius 3 is 2.54 bits per heavy atom. The van der Waals surface area contributed by atoms with E-state index in [1.165, 1.54) is 23.9 Å². The van der Waals surface area contributed by atoms with Crippen LogP contribution < -0.4 is 4.72 Å². The number of aromatic nitrogens is 2. The third-order valence-electron chi connectivity index (χ3n) is 5.78. The Bertz CT molecular complexity index is 1700. The lowest BCUT2D eigenvalue weighted by atomic mass is 10.00. The van der Waals surface area contributed by atoms with Gasteiger partial charge in [0.05, 0.1) is 22.6 Å². The Balaban J connectivity index is 1.89. The van der Waals surface area contributed by atoms with Crippen molar-refractivity contribution in [1.82, 2.24) is 9.55 Å². The molecule has 2 atom stereocenters. The number of carbonyl (C=O) groups excluding carboxylic acids is 1. The van der Waals surface area contributed by atoms with Gasteiger partial charge >= 0.3 is 8.25 Å². The first-order chi connectivity index (χ1) is 18.4. The SMILES string of the molecule is CCCS(=O)(=O)Nc1ccc(F)c(C(=O)c2cn(C(C)O[P+](=O)O)c3ncc(-c4ccc(Cl)cc4)cc23)c1F. The number of sulfonamides is 1. The zero-order chi connectivity index (χ0) is 28.5. The van der Waals surface area contributed by atoms with Gasteiger partial charge in [0, 0.05) is 32.9 Å². The van der Waals surface area contributed by atoms with Gasteiger partial charge in [0.2, 0.25) is 15.8 Å². The predicted octanol–water partition coefficient (Wildman–Crippen LogP) is 6.20. The normalized spacial score (nSPS) is 12.9. The lowest BCUT2D eigenvalue weighted by molar-refractivity contribution is 0.103. The third kappa shape index (κ3) is 6.15. The molecular weight excluding hydrogens is 575 g/mol. The van der Waals surface area contributed by atoms with Crippen molar-refractivity contribution in [1.29, 1.82) is 0 Å². The van der Waals surface area contributed by atoms with Crippen LogP contribution in [0.5, 0.6) is 0 Å². The summed E-state index contributed by atoms with van der Waals surface area (Å²) in [5.74, 6) is -3.99. The topological polar surface area (TPSA) is 128 Å². The molecule has 204 valence electrons. The van der Waals surface area contributed by atoms with Crippen LogP contribution in [0.25, 0.3) is 22.2 Å². The van der Waals surface area contributed by atoms with Crippen molar-refractivity contribution < 1.29 is 36.0 Å². The molecule has 4 rings (SSSR count). The summed E-state index contributed by atoms with van der Waals surface area (Å²) in [5.41, 5.74) is -0.373. The Labute approximate surface area is 228 Å². The highest BCUT2D eigenvalue weighted by atomic mass is 35.5. The number of nitrogens with one attached hydrogen (secondary N) is 1. The summed E-state index contributed by atoms with van der Waals surface area (Å²) in [4.78, 5) is 27.2. The van der Waals surface area contributed by atoms with E-state index in [1.54, 1.807) is 37.3 Å². The highest BCUT2D eigenvalue weighted by Crippen LogP contribution is 2.34. The highest BCUT2D eigenvalue weighted by molar-refractivity contribution is 7.92. The number of carbonyl (C=O) groups is 1. The van der Waals surface area contributed by atoms with Crippen LogP contribution in [0.1, 0.15) is 42.4 Å². The van der Waals surface area contributed by atoms with E-state index in [2.05, 4.69) is 4.98 Å². The van der Waals surface area contributed by atoms with Gasteiger partial charge in [-0.05, 0) is 49.2 Å². The molecule has 0 aliphatic carbocycles. The molecule has 0 radical (unpaired) electrons. The van der Waals surface area contributed by atoms with Gasteiger partial charge in [0.15, 0.2) is 12.0 Å². The average Bonchev–Trinajstić information content (AvgIpc) is 3.25. The molecule has 0 bridgehead atoms. The van der Waals surface area contributed by atoms with Crippen LogP contribution in [0, 0.1) is 11.6 Å². The minimum absolute atomic E-state index is 0.140. The lowest BCUT2D eigenvalue weighted by Crippen LogP contribution is -2.18. The summed E-state index contributed by atoms with van der Waals surface area (Å²) in [6, 6.07) is 10.0. The molecule has 14 heteroatoms. The van der Waals surface area contributed by atoms with Crippen LogP contribution in [-0.4, -0.2) is 34.4 Å². The van der Waals surface area contributed by atoms with Crippen LogP contribution in [0.4, 0.5) is 14.5 Å². The number of benzene rings is 2. The number of fused-ring (bicyclic) bond motifs is 1. The van der Waals surface area contributed by atoms with Crippen molar-refractivity contribution >= 4 is 52.4 Å². The zero-order valence-electron chi connectivity index (χ0n) is 20.6. The van der Waals surface area contributed by atoms with Crippen LogP contribution in [0.15, 0.2) is 54.9 Å². The van der Waals surface area contributed by atoms with Gasteiger partial charge in [-0.3, -0.25) is 9.52 Å². The summed E-state index contributed by atoms with van der Waals surface area (Å²) in [5, 5.41) is 0.672. The molecule has 0 amide bonds. The molecule has 2 heterocycles. The number of ketones is 1. The summed E-state index contributed by atoms with van der Waals surface area (Å²) >= 11 is 5.97. The Morgan fingerprint density at radius 1 is 1.21 bits per heavy atom. The van der Waals surface area contributed by atoms with Crippen LogP contribution in [0.2, 0.25) is 5.02 Å². The monoisotopic (exact) mass is 596 g/mol. The molecule has 0 aliphatic rings. The van der Waals surface area contributed by atoms with Gasteiger partial charge in [-0.1, -0.05) is 35.2 Å². The fraction of sp³-hybridized carbons (Fsp3) is 0.200. The fourth-order valence-electron chi connectivity index (χ4n) is 4.03. The first-order valence-electron chi connectivity index (χ1n) is 11.5. The van der Waals surface area contributed by atoms with Crippen molar-refractivity contribution in [2.45, 2.75) is 26.5 Å². The number of nitrogens with zero attached hydrogens (tertiary/aromatic N) is 2. The lowest BCUT2D eigenvalue weighted by Gasteiger charge is -2.11. The number of rotatable bonds is 10. The quantitative estimate of drug-likeness (QED) is 0.165. The van der Waals surface area contributed by atoms with E-state index < -0.39 is 53.2 Å². The molecule has 2 aromatic carbocycles. The summed E-state index contributed by atoms with van der Waals surface area (Å²) in [6.07, 6.45) is 1.87. The van der Waals surface area contributed by atoms with Gasteiger partial charge in [0.1, 0.15) is 11.5 Å². The van der Waals surface area contributed by atoms with E-state index in [0.717, 1.165) is 12.1 Å². The number of pyridine rings is 1. The molecule has 0 fully saturated rings. The predicted molar refractivity (Wildman–Crippen MR) is 143 cm³/mol. The maximum atomic E-state index is 15.4. The fourth-order valence-corrected chi connectivity index (χ4v) is 5.65. The Kier molecular flexibility index (Phi) is 8.43. The maximum Gasteiger partial charge on any atom is 0.696 e. The molecule has 0 spiro atoms. The average molecular weight is 597 g/mol. The molecule has 39 heavy (non-hydrogen) atoms. The molecule has 2 unspecified atom stereocenters. The Hall–Kier alpha value is -3.28. The molecule has 2 aromatic heterocycles. The van der Waals surface area contributed by atoms with E-state index in [0.29, 0.717) is 16.1 Å². The van der Waals surface area contributed by atoms with Crippen LogP contribution >= 0.6 is 19.9 Å². The van der Waals surface area contributed by atoms with E-state index in [1.807, 2.05) is 4.72 Å². The minimum atomic E-state index is -3.94. The Morgan fingerprint density at radius 2 is 1.90 bits per heavy atom. The van der Waals surface area contributed by atoms with Crippen molar-refractivity contribution in [3.8, 4) is 11.1 Å². The largest absolute Gasteiger partial charge is 0.696 e. The van der Waals surface area contributed by atoms with Crippen molar-refractivity contribution in [3.05, 3.63) is 82.6 Å². The van der Waals surface area contributed by atoms with E-state index in [4.69, 9.17) is 16.1 Å². The van der Waals surface area contributed by atoms with Crippen molar-refractivity contribution in [3.63, 3.8) is 0 Å². The smallest absolute Gasteiger partial charge is 0.301 e. The van der Waals surface area contributed by atoms with Gasteiger partial charge in [-0.25, -0.2) is 22.2 Å². The first kappa shape index (κ1) is 28.7. The number of hydrogen-bond acceptors (Lipinski definition) is 6. The van der Waals surface area contributed by atoms with E-state index in [9.17, 15) is 27.1 Å². The second kappa shape index (κ2) is 11.4. The summed E-state index contributed by atoms with van der Waals surface area (Å²) < 4.78 is 74.3. The van der Waals surface area contributed by atoms with E-state index >= 15 is 4.39 Å². The molecule has 0 saturated carbocycles. The van der Waals surface area contributed by atoms with Crippen LogP contribution in [0.3, 0.4) is 0 Å². The standard InChI is InChI=1S/C25H21ClF2N3O6PS/c1-3-10-39(35,36)30-21-9-8-20(27)22(23(21)28)24(32)19-13-31(14(2)37-38(33)34)25-18(19)11-16(12-29-25)15-4-6-17(26)7-5-15/h4-9,11-14,30H,3,10H2,1-2H3/p+1. The molecule has 0 saturated heterocycles. The molecule has 9 nitrogen and oxygen atoms in total. The number of halogens is 3. The molecular formula is C25H22ClF2N3O6PS+. The van der Waals surface area contributed by atoms with Gasteiger partial charge in [0.25, 0.3) is 0 Å². The van der Waals surface area contributed by atoms with Gasteiger partial charge < -0.3 is 4.57 Å². The van der Waals surface area contributed by atoms with Crippen molar-refractivity contribution in [2.24, 2.45) is 0 Å². The third-order valence-corrected chi connectivity index (χ3v) is 8.00. The molecule has 0 aliphatic heterocycles. The number of hydrogen-bond donors (Lipinski definition) is 2. The molecule has 2 N–H and O–H groups in total. The van der Waals surface area contributed by atoms with E-state index in [-0.39, 0.29) is 28.8 Å². The van der Waals surface area contributed by atoms with Crippen LogP contribution in [-0.2, 0) is 19.1 Å². The zero-order valence-corrected chi connectivity index (χ0v) is 23.0. The highest BCUT2D eigenvalue weighted by Gasteiger charge is 2.29. The summed E-state index contributed by atoms with van der Waals surface area (Å²) in [7, 11) is -6.96. The molecule has 4 aromatic rings. The second-order valence-electron chi connectivity index (χ2n) is 8.53.